The van der Waals surface area contributed by atoms with Crippen LogP contribution in [0.3, 0.4) is 0 Å². The molecule has 24 N–H and O–H groups in total. The lowest BCUT2D eigenvalue weighted by Crippen LogP contribution is -2.60. The van der Waals surface area contributed by atoms with E-state index in [0.717, 1.165) is 6.92 Å². The van der Waals surface area contributed by atoms with Gasteiger partial charge in [0.2, 0.25) is 88.6 Å². The van der Waals surface area contributed by atoms with E-state index in [1.807, 2.05) is 34.6 Å². The molecule has 0 bridgehead atoms. The zero-order valence-electron chi connectivity index (χ0n) is 64.5. The van der Waals surface area contributed by atoms with Crippen molar-refractivity contribution in [3.8, 4) is 0 Å². The summed E-state index contributed by atoms with van der Waals surface area (Å²) in [7, 11) is 0. The zero-order valence-corrected chi connectivity index (χ0v) is 64.5. The highest BCUT2D eigenvalue weighted by Gasteiger charge is 2.37. The molecule has 0 radical (unpaired) electrons. The first-order valence-corrected chi connectivity index (χ1v) is 36.1. The van der Waals surface area contributed by atoms with E-state index in [0.29, 0.717) is 32.1 Å². The van der Waals surface area contributed by atoms with E-state index in [1.165, 1.54) is 34.6 Å². The van der Waals surface area contributed by atoms with Crippen LogP contribution in [0.25, 0.3) is 0 Å². The molecule has 15 amide bonds. The third-order valence-electron chi connectivity index (χ3n) is 16.2. The average molecular weight is 1480 g/mol. The minimum atomic E-state index is -1.48. The second kappa shape index (κ2) is 50.7. The van der Waals surface area contributed by atoms with Crippen molar-refractivity contribution in [2.45, 2.75) is 293 Å². The highest BCUT2D eigenvalue weighted by atomic mass is 16.4. The van der Waals surface area contributed by atoms with Crippen molar-refractivity contribution in [1.29, 1.82) is 0 Å². The van der Waals surface area contributed by atoms with Crippen LogP contribution in [0.4, 0.5) is 0 Å². The van der Waals surface area contributed by atoms with Crippen LogP contribution < -0.4 is 97.8 Å². The van der Waals surface area contributed by atoms with Gasteiger partial charge in [0.1, 0.15) is 78.5 Å². The van der Waals surface area contributed by atoms with Crippen LogP contribution in [-0.4, -0.2) is 197 Å². The first-order valence-electron chi connectivity index (χ1n) is 36.1. The molecule has 15 unspecified atom stereocenters. The number of amides is 15. The molecule has 35 nitrogen and oxygen atoms in total. The molecule has 0 aliphatic rings. The van der Waals surface area contributed by atoms with Gasteiger partial charge in [-0.3, -0.25) is 76.7 Å². The summed E-state index contributed by atoms with van der Waals surface area (Å²) in [5, 5.41) is 41.1. The van der Waals surface area contributed by atoms with Crippen LogP contribution >= 0.6 is 0 Å². The fourth-order valence-electron chi connectivity index (χ4n) is 10.2. The van der Waals surface area contributed by atoms with Crippen molar-refractivity contribution >= 4 is 94.6 Å². The monoisotopic (exact) mass is 1480 g/mol. The van der Waals surface area contributed by atoms with Crippen molar-refractivity contribution in [2.75, 3.05) is 13.1 Å². The second-order valence-electron chi connectivity index (χ2n) is 28.9. The van der Waals surface area contributed by atoms with Gasteiger partial charge in [-0.1, -0.05) is 89.5 Å². The largest absolute Gasteiger partial charge is 0.481 e. The predicted molar refractivity (Wildman–Crippen MR) is 390 cm³/mol. The molecular weight excluding hydrogens is 1350 g/mol. The fraction of sp³-hybridized carbons (Fsp3) is 0.768. The summed E-state index contributed by atoms with van der Waals surface area (Å²) in [6.07, 6.45) is 2.43. The third-order valence-corrected chi connectivity index (χ3v) is 16.2. The number of nitrogens with two attached hydrogens (primary N) is 5. The lowest BCUT2D eigenvalue weighted by molar-refractivity contribution is -0.136. The number of rotatable bonds is 49. The highest BCUT2D eigenvalue weighted by Crippen LogP contribution is 2.14. The summed E-state index contributed by atoms with van der Waals surface area (Å²) < 4.78 is 0. The van der Waals surface area contributed by atoms with Crippen LogP contribution in [0.1, 0.15) is 208 Å². The van der Waals surface area contributed by atoms with Crippen LogP contribution in [0, 0.1) is 35.5 Å². The minimum absolute atomic E-state index is 0.0208. The standard InChI is InChI=1S/C67H124N18O15.C2H4O2/c1-18-38(12)53(71)67(100)85-51(32-52(70)86)66(99)84-50(31-37(10)11)64(97)79-45(24-20-22-26-69)61(94)75-42(16)58(91)82-47(28-34(4)5)62(95)76-39(13)55(88)73-40(14)57(90)81-48(29-35(6)7)63(96)77-41(15)56(89)78-44(23-19-21-25-68)60(93)74-43(17)59(92)83-49(30-36(8)9)65(98)80-46(54(72)87)27-33(2)3;1-2(3)4/h33-51,53H,18-32,68-69,71H2,1-17H3,(H2,70,86)(H2,72,87)(H,73,88)(H,74,93)(H,75,94)(H,76,95)(H,77,96)(H,78,89)(H,79,97)(H,80,98)(H,81,90)(H,82,91)(H,83,92)(H,84,99)(H,85,100);1H3,(H,3,4). The topological polar surface area (TPSA) is 580 Å². The van der Waals surface area contributed by atoms with E-state index in [1.54, 1.807) is 48.5 Å². The summed E-state index contributed by atoms with van der Waals surface area (Å²) in [6, 6.07) is -17.2. The SMILES string of the molecule is CC(=O)O.CCC(C)C(N)C(=O)NC(CC(N)=O)C(=O)NC(CC(C)C)C(=O)NC(CCCCN)C(=O)NC(C)C(=O)NC(CC(C)C)C(=O)NC(C)C(=O)NC(C)C(=O)NC(CC(C)C)C(=O)NC(C)C(=O)NC(CCCCN)C(=O)NC(C)C(=O)NC(CC(C)C)C(=O)NC(CC(C)C)C(N)=O. The maximum atomic E-state index is 14.0. The number of carboxylic acid groups (broad SMARTS) is 1. The molecule has 0 fully saturated rings. The first kappa shape index (κ1) is 97.5. The summed E-state index contributed by atoms with van der Waals surface area (Å²) in [6.45, 7) is 30.1. The van der Waals surface area contributed by atoms with Crippen LogP contribution in [0.2, 0.25) is 0 Å². The molecular formula is C69H128N18O17. The van der Waals surface area contributed by atoms with Crippen molar-refractivity contribution < 1.29 is 81.8 Å². The van der Waals surface area contributed by atoms with E-state index in [4.69, 9.17) is 38.6 Å². The molecule has 0 aliphatic carbocycles. The van der Waals surface area contributed by atoms with Gasteiger partial charge < -0.3 is 103 Å². The predicted octanol–water partition coefficient (Wildman–Crippen LogP) is -2.30. The van der Waals surface area contributed by atoms with Gasteiger partial charge in [-0.15, -0.1) is 0 Å². The van der Waals surface area contributed by atoms with Gasteiger partial charge in [-0.05, 0) is 154 Å². The lowest BCUT2D eigenvalue weighted by Gasteiger charge is -2.28. The van der Waals surface area contributed by atoms with Crippen molar-refractivity contribution in [3.63, 3.8) is 0 Å². The van der Waals surface area contributed by atoms with Gasteiger partial charge in [0.25, 0.3) is 5.97 Å². The number of hydrogen-bond donors (Lipinski definition) is 19. The third kappa shape index (κ3) is 41.0. The number of unbranched alkanes of at least 4 members (excludes halogenated alkanes) is 2. The Bertz CT molecular complexity index is 2820. The number of carboxylic acids is 1. The summed E-state index contributed by atoms with van der Waals surface area (Å²) in [4.78, 5) is 211. The Kier molecular flexibility index (Phi) is 47.5. The van der Waals surface area contributed by atoms with E-state index in [9.17, 15) is 71.9 Å². The Balaban J connectivity index is 0. The van der Waals surface area contributed by atoms with Crippen molar-refractivity contribution in [1.82, 2.24) is 69.1 Å². The number of hydrogen-bond acceptors (Lipinski definition) is 19. The summed E-state index contributed by atoms with van der Waals surface area (Å²) in [5.41, 5.74) is 28.5. The van der Waals surface area contributed by atoms with E-state index in [2.05, 4.69) is 69.1 Å². The molecule has 15 atom stereocenters. The fourth-order valence-corrected chi connectivity index (χ4v) is 10.2. The molecule has 0 aromatic heterocycles. The Hall–Kier alpha value is -8.60. The number of nitrogens with one attached hydrogen (secondary N) is 13. The molecule has 0 aliphatic heterocycles. The molecule has 35 heteroatoms. The van der Waals surface area contributed by atoms with Gasteiger partial charge in [-0.25, -0.2) is 0 Å². The quantitative estimate of drug-likeness (QED) is 0.0285. The minimum Gasteiger partial charge on any atom is -0.481 e. The maximum absolute atomic E-state index is 14.0. The number of primary amides is 2. The molecule has 596 valence electrons. The molecule has 104 heavy (non-hydrogen) atoms. The molecule has 0 aromatic rings. The number of aliphatic carboxylic acids is 1. The Morgan fingerprint density at radius 2 is 0.519 bits per heavy atom. The second-order valence-corrected chi connectivity index (χ2v) is 28.9. The van der Waals surface area contributed by atoms with Crippen LogP contribution in [-0.2, 0) is 76.7 Å². The van der Waals surface area contributed by atoms with E-state index in [-0.39, 0.29) is 93.5 Å². The molecule has 0 aromatic carbocycles. The van der Waals surface area contributed by atoms with Gasteiger partial charge in [0.15, 0.2) is 0 Å². The Morgan fingerprint density at radius 1 is 0.308 bits per heavy atom. The smallest absolute Gasteiger partial charge is 0.300 e. The number of carbonyl (C=O) groups excluding carboxylic acids is 15. The van der Waals surface area contributed by atoms with Gasteiger partial charge in [-0.2, -0.15) is 0 Å². The van der Waals surface area contributed by atoms with Crippen LogP contribution in [0.15, 0.2) is 0 Å². The van der Waals surface area contributed by atoms with Crippen molar-refractivity contribution in [2.24, 2.45) is 64.2 Å². The first-order chi connectivity index (χ1) is 48.2. The van der Waals surface area contributed by atoms with E-state index >= 15 is 0 Å². The molecule has 0 saturated heterocycles. The van der Waals surface area contributed by atoms with E-state index < -0.39 is 186 Å². The van der Waals surface area contributed by atoms with Gasteiger partial charge in [0, 0.05) is 6.92 Å². The Morgan fingerprint density at radius 3 is 0.788 bits per heavy atom. The van der Waals surface area contributed by atoms with Crippen LogP contribution in [0.5, 0.6) is 0 Å². The molecule has 0 spiro atoms. The number of carbonyl (C=O) groups is 16. The normalized spacial score (nSPS) is 15.6. The highest BCUT2D eigenvalue weighted by molar-refractivity contribution is 6.00. The average Bonchev–Trinajstić information content (AvgIpc) is 0.885. The molecule has 0 rings (SSSR count). The Labute approximate surface area is 613 Å². The lowest BCUT2D eigenvalue weighted by atomic mass is 9.98. The maximum Gasteiger partial charge on any atom is 0.300 e. The summed E-state index contributed by atoms with van der Waals surface area (Å²) >= 11 is 0. The zero-order chi connectivity index (χ0) is 80.6. The van der Waals surface area contributed by atoms with Crippen molar-refractivity contribution in [3.05, 3.63) is 0 Å². The summed E-state index contributed by atoms with van der Waals surface area (Å²) in [5.74, 6) is -13.5. The molecule has 0 heterocycles. The molecule has 0 saturated carbocycles. The van der Waals surface area contributed by atoms with Gasteiger partial charge in [0.05, 0.1) is 12.5 Å². The van der Waals surface area contributed by atoms with Gasteiger partial charge >= 0.3 is 0 Å².